The predicted octanol–water partition coefficient (Wildman–Crippen LogP) is 5.36. The Bertz CT molecular complexity index is 1680. The molecule has 1 amide bonds. The Morgan fingerprint density at radius 2 is 1.77 bits per heavy atom. The van der Waals surface area contributed by atoms with E-state index in [-0.39, 0.29) is 33.4 Å². The molecule has 1 saturated heterocycles. The Labute approximate surface area is 260 Å². The third-order valence-electron chi connectivity index (χ3n) is 8.43. The van der Waals surface area contributed by atoms with Crippen molar-refractivity contribution in [2.24, 2.45) is 5.92 Å². The predicted molar refractivity (Wildman–Crippen MR) is 170 cm³/mol. The molecular weight excluding hydrogens is 576 g/mol. The molecule has 44 heavy (non-hydrogen) atoms. The average molecular weight is 619 g/mol. The number of aromatic nitrogens is 3. The fraction of sp³-hybridized carbons (Fsp3) is 0.485. The Morgan fingerprint density at radius 3 is 2.50 bits per heavy atom. The van der Waals surface area contributed by atoms with Gasteiger partial charge in [-0.2, -0.15) is 8.42 Å². The molecule has 2 atom stereocenters. The lowest BCUT2D eigenvalue weighted by molar-refractivity contribution is -0.117. The smallest absolute Gasteiger partial charge is 0.281 e. The lowest BCUT2D eigenvalue weighted by Gasteiger charge is -2.34. The molecule has 234 valence electrons. The van der Waals surface area contributed by atoms with Gasteiger partial charge in [0.1, 0.15) is 17.4 Å². The molecule has 2 N–H and O–H groups in total. The summed E-state index contributed by atoms with van der Waals surface area (Å²) >= 11 is 0. The molecule has 3 aromatic heterocycles. The average Bonchev–Trinajstić information content (AvgIpc) is 3.26. The molecule has 5 heterocycles. The summed E-state index contributed by atoms with van der Waals surface area (Å²) in [7, 11) is -4.30. The first kappa shape index (κ1) is 31.6. The number of hydrogen-bond acceptors (Lipinski definition) is 9. The van der Waals surface area contributed by atoms with E-state index in [1.54, 1.807) is 31.2 Å². The number of carbonyl (C=O) groups is 2. The van der Waals surface area contributed by atoms with Crippen LogP contribution in [0, 0.1) is 5.92 Å². The second-order valence-electron chi connectivity index (χ2n) is 13.6. The minimum atomic E-state index is -4.30. The Balaban J connectivity index is 1.59. The number of pyridine rings is 3. The van der Waals surface area contributed by atoms with Gasteiger partial charge in [0.2, 0.25) is 0 Å². The van der Waals surface area contributed by atoms with Crippen LogP contribution in [-0.2, 0) is 26.7 Å². The summed E-state index contributed by atoms with van der Waals surface area (Å²) in [6.07, 6.45) is 3.42. The number of nitrogens with zero attached hydrogens (tertiary/aromatic N) is 4. The molecule has 11 heteroatoms. The summed E-state index contributed by atoms with van der Waals surface area (Å²) in [5.74, 6) is 0.508. The van der Waals surface area contributed by atoms with Crippen molar-refractivity contribution in [1.29, 1.82) is 0 Å². The lowest BCUT2D eigenvalue weighted by Crippen LogP contribution is -2.41. The van der Waals surface area contributed by atoms with Gasteiger partial charge in [0, 0.05) is 35.3 Å². The van der Waals surface area contributed by atoms with Crippen LogP contribution >= 0.6 is 0 Å². The lowest BCUT2D eigenvalue weighted by atomic mass is 9.90. The van der Waals surface area contributed by atoms with E-state index in [1.165, 1.54) is 6.07 Å². The van der Waals surface area contributed by atoms with E-state index < -0.39 is 15.9 Å². The van der Waals surface area contributed by atoms with Crippen LogP contribution in [0.4, 0.5) is 11.6 Å². The zero-order chi connectivity index (χ0) is 31.9. The van der Waals surface area contributed by atoms with Gasteiger partial charge >= 0.3 is 0 Å². The number of Topliss-reactive ketones (excluding diaryl/α,β-unsaturated/α-hetero) is 1. The van der Waals surface area contributed by atoms with Crippen LogP contribution in [-0.4, -0.2) is 47.1 Å². The van der Waals surface area contributed by atoms with Gasteiger partial charge in [-0.05, 0) is 88.8 Å². The first-order valence-electron chi connectivity index (χ1n) is 15.2. The minimum absolute atomic E-state index is 0.109. The van der Waals surface area contributed by atoms with Gasteiger partial charge < -0.3 is 15.0 Å². The SMILES string of the molecule is CC(=O)CCc1cccc([C@H]2CC[C@@H]3CN(c4nc(C(C)(C)C)ccc4C(=O)NS(=O)(=O)c4cccc(n4)N2)C(C)(C)C3)n1. The molecule has 2 aliphatic rings. The van der Waals surface area contributed by atoms with E-state index >= 15 is 0 Å². The van der Waals surface area contributed by atoms with Crippen LogP contribution in [0.2, 0.25) is 0 Å². The van der Waals surface area contributed by atoms with Crippen LogP contribution in [0.1, 0.15) is 101 Å². The van der Waals surface area contributed by atoms with Gasteiger partial charge in [-0.3, -0.25) is 9.78 Å². The third kappa shape index (κ3) is 6.93. The normalized spacial score (nSPS) is 21.3. The quantitative estimate of drug-likeness (QED) is 0.396. The Kier molecular flexibility index (Phi) is 8.54. The van der Waals surface area contributed by atoms with Crippen LogP contribution in [0.25, 0.3) is 0 Å². The van der Waals surface area contributed by atoms with Crippen molar-refractivity contribution in [2.45, 2.75) is 95.7 Å². The number of nitrogens with one attached hydrogen (secondary N) is 2. The van der Waals surface area contributed by atoms with E-state index in [4.69, 9.17) is 9.97 Å². The van der Waals surface area contributed by atoms with Crippen molar-refractivity contribution >= 4 is 33.3 Å². The molecule has 0 aliphatic carbocycles. The number of rotatable bonds is 4. The molecule has 4 bridgehead atoms. The van der Waals surface area contributed by atoms with Gasteiger partial charge in [-0.15, -0.1) is 0 Å². The van der Waals surface area contributed by atoms with Crippen molar-refractivity contribution in [3.63, 3.8) is 0 Å². The number of aryl methyl sites for hydroxylation is 1. The van der Waals surface area contributed by atoms with E-state index in [9.17, 15) is 18.0 Å². The van der Waals surface area contributed by atoms with Crippen molar-refractivity contribution in [2.75, 3.05) is 16.8 Å². The Hall–Kier alpha value is -3.86. The molecule has 0 radical (unpaired) electrons. The van der Waals surface area contributed by atoms with Gasteiger partial charge in [0.15, 0.2) is 5.03 Å². The number of sulfonamides is 1. The molecule has 0 unspecified atom stereocenters. The number of carbonyl (C=O) groups excluding carboxylic acids is 2. The maximum absolute atomic E-state index is 13.6. The highest BCUT2D eigenvalue weighted by Gasteiger charge is 2.41. The number of hydrogen-bond donors (Lipinski definition) is 2. The Morgan fingerprint density at radius 1 is 1.02 bits per heavy atom. The molecule has 1 fully saturated rings. The first-order chi connectivity index (χ1) is 20.6. The molecule has 0 spiro atoms. The first-order valence-corrected chi connectivity index (χ1v) is 16.7. The molecular formula is C33H42N6O4S. The minimum Gasteiger partial charge on any atom is -0.362 e. The maximum atomic E-state index is 13.6. The second-order valence-corrected chi connectivity index (χ2v) is 15.3. The van der Waals surface area contributed by atoms with Crippen LogP contribution in [0.3, 0.4) is 0 Å². The highest BCUT2D eigenvalue weighted by molar-refractivity contribution is 7.90. The topological polar surface area (TPSA) is 134 Å². The van der Waals surface area contributed by atoms with E-state index in [0.29, 0.717) is 36.9 Å². The zero-order valence-corrected chi connectivity index (χ0v) is 27.2. The number of ketones is 1. The molecule has 2 aliphatic heterocycles. The maximum Gasteiger partial charge on any atom is 0.281 e. The van der Waals surface area contributed by atoms with Crippen LogP contribution in [0.15, 0.2) is 53.6 Å². The van der Waals surface area contributed by atoms with Gasteiger partial charge in [-0.25, -0.2) is 14.7 Å². The number of anilines is 2. The highest BCUT2D eigenvalue weighted by atomic mass is 32.2. The van der Waals surface area contributed by atoms with Crippen molar-refractivity contribution in [3.8, 4) is 0 Å². The van der Waals surface area contributed by atoms with E-state index in [0.717, 1.165) is 36.3 Å². The van der Waals surface area contributed by atoms with Crippen LogP contribution in [0.5, 0.6) is 0 Å². The van der Waals surface area contributed by atoms with E-state index in [1.807, 2.05) is 18.2 Å². The molecule has 0 aromatic carbocycles. The summed E-state index contributed by atoms with van der Waals surface area (Å²) in [6, 6.07) is 13.7. The summed E-state index contributed by atoms with van der Waals surface area (Å²) in [6.45, 7) is 12.7. The van der Waals surface area contributed by atoms with Gasteiger partial charge in [0.05, 0.1) is 17.3 Å². The largest absolute Gasteiger partial charge is 0.362 e. The van der Waals surface area contributed by atoms with E-state index in [2.05, 4.69) is 54.5 Å². The molecule has 10 nitrogen and oxygen atoms in total. The third-order valence-corrected chi connectivity index (χ3v) is 9.67. The highest BCUT2D eigenvalue weighted by Crippen LogP contribution is 2.41. The van der Waals surface area contributed by atoms with Gasteiger partial charge in [-0.1, -0.05) is 32.9 Å². The zero-order valence-electron chi connectivity index (χ0n) is 26.3. The summed E-state index contributed by atoms with van der Waals surface area (Å²) < 4.78 is 29.2. The number of fused-ring (bicyclic) bond motifs is 6. The number of amides is 1. The fourth-order valence-electron chi connectivity index (χ4n) is 6.09. The molecule has 5 rings (SSSR count). The standard InChI is InChI=1S/C33H42N6O4S/c1-21(40)13-15-23-9-7-10-25(34-23)26-17-14-22-19-33(5,6)39(20-22)30-24(16-18-27(36-30)32(2,3)4)31(41)38-44(42,43)29-12-8-11-28(35-26)37-29/h7-12,16,18,22,26H,13-15,17,19-20H2,1-6H3,(H,35,37)(H,38,41)/t22-,26+/m0/s1. The van der Waals surface area contributed by atoms with Crippen molar-refractivity contribution in [3.05, 3.63) is 71.2 Å². The molecule has 3 aromatic rings. The summed E-state index contributed by atoms with van der Waals surface area (Å²) in [5.41, 5.74) is 2.07. The summed E-state index contributed by atoms with van der Waals surface area (Å²) in [4.78, 5) is 41.7. The van der Waals surface area contributed by atoms with Crippen molar-refractivity contribution < 1.29 is 18.0 Å². The van der Waals surface area contributed by atoms with Crippen LogP contribution < -0.4 is 14.9 Å². The van der Waals surface area contributed by atoms with Gasteiger partial charge in [0.25, 0.3) is 15.9 Å². The fourth-order valence-corrected chi connectivity index (χ4v) is 7.02. The monoisotopic (exact) mass is 618 g/mol. The van der Waals surface area contributed by atoms with Crippen molar-refractivity contribution in [1.82, 2.24) is 19.7 Å². The summed E-state index contributed by atoms with van der Waals surface area (Å²) in [5, 5.41) is 3.15. The molecule has 0 saturated carbocycles. The second kappa shape index (κ2) is 11.9.